The number of likely N-dealkylation sites (N-methyl/N-ethyl adjacent to an activating group) is 1. The van der Waals surface area contributed by atoms with Gasteiger partial charge in [0.05, 0.1) is 12.7 Å². The van der Waals surface area contributed by atoms with Crippen molar-refractivity contribution in [2.24, 2.45) is 0 Å². The van der Waals surface area contributed by atoms with Gasteiger partial charge >= 0.3 is 5.97 Å². The number of nitrogens with zero attached hydrogens (tertiary/aromatic N) is 1. The van der Waals surface area contributed by atoms with Gasteiger partial charge in [0.1, 0.15) is 16.5 Å². The van der Waals surface area contributed by atoms with Crippen LogP contribution in [0, 0.1) is 0 Å². The molecule has 0 saturated carbocycles. The van der Waals surface area contributed by atoms with Crippen LogP contribution in [0.1, 0.15) is 31.2 Å². The summed E-state index contributed by atoms with van der Waals surface area (Å²) in [6, 6.07) is 16.3. The maximum Gasteiger partial charge on any atom is 0.341 e. The number of carbonyl (C=O) groups is 2. The maximum atomic E-state index is 12.9. The van der Waals surface area contributed by atoms with E-state index >= 15 is 0 Å². The number of nitrogens with one attached hydrogen (secondary N) is 1. The van der Waals surface area contributed by atoms with E-state index in [9.17, 15) is 9.59 Å². The fraction of sp³-hybridized carbons (Fsp3) is 0.217. The normalized spacial score (nSPS) is 13.4. The molecule has 0 radical (unpaired) electrons. The highest BCUT2D eigenvalue weighted by molar-refractivity contribution is 7.17. The fourth-order valence-electron chi connectivity index (χ4n) is 3.44. The third kappa shape index (κ3) is 4.22. The zero-order valence-electron chi connectivity index (χ0n) is 16.8. The third-order valence-corrected chi connectivity index (χ3v) is 6.07. The average Bonchev–Trinajstić information content (AvgIpc) is 3.10. The van der Waals surface area contributed by atoms with Gasteiger partial charge in [-0.15, -0.1) is 11.3 Å². The van der Waals surface area contributed by atoms with Crippen LogP contribution in [0.15, 0.2) is 54.6 Å². The summed E-state index contributed by atoms with van der Waals surface area (Å²) in [7, 11) is 3.40. The first-order chi connectivity index (χ1) is 14.5. The SMILES string of the molecule is COC(=O)c1c(NC(=O)c2cccc(Oc3ccccc3)c2)sc2c1CCN(C)C2. The molecule has 1 aliphatic rings. The number of hydrogen-bond acceptors (Lipinski definition) is 6. The molecule has 0 atom stereocenters. The van der Waals surface area contributed by atoms with Gasteiger partial charge in [-0.1, -0.05) is 24.3 Å². The Bertz CT molecular complexity index is 1080. The quantitative estimate of drug-likeness (QED) is 0.610. The first kappa shape index (κ1) is 20.1. The number of amides is 1. The smallest absolute Gasteiger partial charge is 0.341 e. The van der Waals surface area contributed by atoms with E-state index in [1.54, 1.807) is 24.3 Å². The van der Waals surface area contributed by atoms with Crippen molar-refractivity contribution in [3.05, 3.63) is 76.2 Å². The molecule has 7 heteroatoms. The standard InChI is InChI=1S/C23H22N2O4S/c1-25-12-11-18-19(14-25)30-22(20(18)23(27)28-2)24-21(26)15-7-6-10-17(13-15)29-16-8-4-3-5-9-16/h3-10,13H,11-12,14H2,1-2H3,(H,24,26). The van der Waals surface area contributed by atoms with Crippen LogP contribution in [0.25, 0.3) is 0 Å². The second kappa shape index (κ2) is 8.69. The summed E-state index contributed by atoms with van der Waals surface area (Å²) < 4.78 is 10.8. The van der Waals surface area contributed by atoms with Crippen molar-refractivity contribution < 1.29 is 19.1 Å². The lowest BCUT2D eigenvalue weighted by molar-refractivity contribution is 0.0600. The highest BCUT2D eigenvalue weighted by atomic mass is 32.1. The molecule has 0 bridgehead atoms. The van der Waals surface area contributed by atoms with Crippen molar-refractivity contribution in [2.75, 3.05) is 26.0 Å². The summed E-state index contributed by atoms with van der Waals surface area (Å²) >= 11 is 1.43. The topological polar surface area (TPSA) is 67.9 Å². The Labute approximate surface area is 179 Å². The Morgan fingerprint density at radius 3 is 2.60 bits per heavy atom. The number of para-hydroxylation sites is 1. The van der Waals surface area contributed by atoms with Crippen LogP contribution < -0.4 is 10.1 Å². The lowest BCUT2D eigenvalue weighted by Gasteiger charge is -2.22. The Hall–Kier alpha value is -3.16. The predicted octanol–water partition coefficient (Wildman–Crippen LogP) is 4.57. The van der Waals surface area contributed by atoms with Crippen LogP contribution in [0.5, 0.6) is 11.5 Å². The Kier molecular flexibility index (Phi) is 5.83. The van der Waals surface area contributed by atoms with Gasteiger partial charge in [-0.2, -0.15) is 0 Å². The van der Waals surface area contributed by atoms with Crippen LogP contribution in [0.4, 0.5) is 5.00 Å². The zero-order chi connectivity index (χ0) is 21.1. The van der Waals surface area contributed by atoms with Crippen molar-refractivity contribution in [3.8, 4) is 11.5 Å². The van der Waals surface area contributed by atoms with E-state index in [0.717, 1.165) is 30.0 Å². The van der Waals surface area contributed by atoms with E-state index in [0.29, 0.717) is 27.6 Å². The second-order valence-corrected chi connectivity index (χ2v) is 8.19. The van der Waals surface area contributed by atoms with E-state index in [2.05, 4.69) is 10.2 Å². The van der Waals surface area contributed by atoms with Crippen LogP contribution in [-0.4, -0.2) is 37.5 Å². The molecule has 0 saturated heterocycles. The molecule has 0 aliphatic carbocycles. The molecule has 1 N–H and O–H groups in total. The number of carbonyl (C=O) groups excluding carboxylic acids is 2. The average molecular weight is 423 g/mol. The first-order valence-corrected chi connectivity index (χ1v) is 10.4. The van der Waals surface area contributed by atoms with Crippen molar-refractivity contribution in [3.63, 3.8) is 0 Å². The van der Waals surface area contributed by atoms with Crippen molar-refractivity contribution in [1.82, 2.24) is 4.90 Å². The predicted molar refractivity (Wildman–Crippen MR) is 117 cm³/mol. The first-order valence-electron chi connectivity index (χ1n) is 9.61. The number of hydrogen-bond donors (Lipinski definition) is 1. The lowest BCUT2D eigenvalue weighted by atomic mass is 10.0. The minimum absolute atomic E-state index is 0.300. The largest absolute Gasteiger partial charge is 0.465 e. The molecule has 30 heavy (non-hydrogen) atoms. The van der Waals surface area contributed by atoms with Crippen LogP contribution >= 0.6 is 11.3 Å². The van der Waals surface area contributed by atoms with Gasteiger partial charge in [-0.3, -0.25) is 4.79 Å². The van der Waals surface area contributed by atoms with Gasteiger partial charge in [0, 0.05) is 23.5 Å². The minimum atomic E-state index is -0.423. The van der Waals surface area contributed by atoms with E-state index in [1.807, 2.05) is 37.4 Å². The number of rotatable bonds is 5. The van der Waals surface area contributed by atoms with Crippen LogP contribution in [0.2, 0.25) is 0 Å². The summed E-state index contributed by atoms with van der Waals surface area (Å²) in [5.74, 6) is 0.534. The number of fused-ring (bicyclic) bond motifs is 1. The monoisotopic (exact) mass is 422 g/mol. The van der Waals surface area contributed by atoms with Gasteiger partial charge in [0.15, 0.2) is 0 Å². The molecule has 0 unspecified atom stereocenters. The van der Waals surface area contributed by atoms with Crippen LogP contribution in [-0.2, 0) is 17.7 Å². The molecular formula is C23H22N2O4S. The minimum Gasteiger partial charge on any atom is -0.465 e. The van der Waals surface area contributed by atoms with Gasteiger partial charge < -0.3 is 19.7 Å². The van der Waals surface area contributed by atoms with Gasteiger partial charge in [-0.25, -0.2) is 4.79 Å². The second-order valence-electron chi connectivity index (χ2n) is 7.08. The number of ether oxygens (including phenoxy) is 2. The molecule has 2 heterocycles. The number of thiophene rings is 1. The molecular weight excluding hydrogens is 400 g/mol. The zero-order valence-corrected chi connectivity index (χ0v) is 17.6. The van der Waals surface area contributed by atoms with Gasteiger partial charge in [0.25, 0.3) is 5.91 Å². The van der Waals surface area contributed by atoms with Crippen molar-refractivity contribution in [2.45, 2.75) is 13.0 Å². The summed E-state index contributed by atoms with van der Waals surface area (Å²) in [4.78, 5) is 28.6. The van der Waals surface area contributed by atoms with Crippen molar-refractivity contribution >= 4 is 28.2 Å². The highest BCUT2D eigenvalue weighted by Gasteiger charge is 2.28. The summed E-state index contributed by atoms with van der Waals surface area (Å²) in [5, 5.41) is 3.44. The Balaban J connectivity index is 1.58. The number of esters is 1. The van der Waals surface area contributed by atoms with E-state index in [4.69, 9.17) is 9.47 Å². The van der Waals surface area contributed by atoms with E-state index in [-0.39, 0.29) is 5.91 Å². The molecule has 6 nitrogen and oxygen atoms in total. The number of anilines is 1. The lowest BCUT2D eigenvalue weighted by Crippen LogP contribution is -2.26. The summed E-state index contributed by atoms with van der Waals surface area (Å²) in [6.07, 6.45) is 0.753. The third-order valence-electron chi connectivity index (χ3n) is 4.94. The van der Waals surface area contributed by atoms with Crippen molar-refractivity contribution in [1.29, 1.82) is 0 Å². The molecule has 1 aliphatic heterocycles. The Morgan fingerprint density at radius 1 is 1.07 bits per heavy atom. The maximum absolute atomic E-state index is 12.9. The summed E-state index contributed by atoms with van der Waals surface area (Å²) in [5.41, 5.74) is 1.89. The molecule has 0 spiro atoms. The fourth-order valence-corrected chi connectivity index (χ4v) is 4.75. The molecule has 154 valence electrons. The van der Waals surface area contributed by atoms with Gasteiger partial charge in [0.2, 0.25) is 0 Å². The molecule has 4 rings (SSSR count). The van der Waals surface area contributed by atoms with Crippen LogP contribution in [0.3, 0.4) is 0 Å². The molecule has 2 aromatic carbocycles. The summed E-state index contributed by atoms with van der Waals surface area (Å²) in [6.45, 7) is 1.61. The molecule has 1 aromatic heterocycles. The van der Waals surface area contributed by atoms with Gasteiger partial charge in [-0.05, 0) is 49.4 Å². The molecule has 1 amide bonds. The molecule has 0 fully saturated rings. The molecule has 3 aromatic rings. The Morgan fingerprint density at radius 2 is 1.83 bits per heavy atom. The van der Waals surface area contributed by atoms with E-state index in [1.165, 1.54) is 18.4 Å². The number of methoxy groups -OCH3 is 1. The number of benzene rings is 2. The highest BCUT2D eigenvalue weighted by Crippen LogP contribution is 2.37. The van der Waals surface area contributed by atoms with E-state index < -0.39 is 5.97 Å².